The Labute approximate surface area is 222 Å². The van der Waals surface area contributed by atoms with Crippen LogP contribution in [0.3, 0.4) is 0 Å². The summed E-state index contributed by atoms with van der Waals surface area (Å²) in [6.45, 7) is 12.3. The van der Waals surface area contributed by atoms with Crippen LogP contribution in [0.5, 0.6) is 0 Å². The Kier molecular flexibility index (Phi) is 10.0. The first-order chi connectivity index (χ1) is 17.1. The molecule has 37 heavy (non-hydrogen) atoms. The first-order valence-corrected chi connectivity index (χ1v) is 13.1. The van der Waals surface area contributed by atoms with Gasteiger partial charge in [0.2, 0.25) is 5.91 Å². The molecule has 0 fully saturated rings. The summed E-state index contributed by atoms with van der Waals surface area (Å²) in [5.41, 5.74) is 1.43. The molecule has 0 unspecified atom stereocenters. The topological polar surface area (TPSA) is 135 Å². The maximum absolute atomic E-state index is 12.2. The van der Waals surface area contributed by atoms with Crippen molar-refractivity contribution >= 4 is 34.6 Å². The van der Waals surface area contributed by atoms with Gasteiger partial charge in [-0.1, -0.05) is 24.3 Å². The molecule has 0 aliphatic rings. The number of amides is 3. The van der Waals surface area contributed by atoms with Gasteiger partial charge in [0.25, 0.3) is 0 Å². The standard InChI is InChI=1S/C26H39N5O5S/c1-17(32)28-21-29-20(16-37-21)12-11-18-9-8-10-19(15-18)13-14-27-22(30(23(33)34)25(2,3)4)31(24(35)36)26(5,6)7/h8-10,15-16,22,27H,11-14H2,1-7H3,(H,33,34)(H,35,36)(H,28,29,32). The van der Waals surface area contributed by atoms with Crippen LogP contribution in [0.25, 0.3) is 0 Å². The number of hydrogen-bond donors (Lipinski definition) is 4. The van der Waals surface area contributed by atoms with Gasteiger partial charge in [0.1, 0.15) is 0 Å². The minimum atomic E-state index is -1.20. The predicted molar refractivity (Wildman–Crippen MR) is 145 cm³/mol. The second-order valence-corrected chi connectivity index (χ2v) is 11.7. The third-order valence-corrected chi connectivity index (χ3v) is 6.39. The number of carboxylic acid groups (broad SMARTS) is 2. The molecule has 11 heteroatoms. The average molecular weight is 534 g/mol. The Morgan fingerprint density at radius 3 is 1.97 bits per heavy atom. The molecule has 0 atom stereocenters. The molecule has 1 aromatic carbocycles. The highest BCUT2D eigenvalue weighted by Gasteiger charge is 2.42. The molecular weight excluding hydrogens is 494 g/mol. The van der Waals surface area contributed by atoms with E-state index in [1.165, 1.54) is 18.3 Å². The Morgan fingerprint density at radius 2 is 1.49 bits per heavy atom. The molecule has 204 valence electrons. The van der Waals surface area contributed by atoms with Crippen LogP contribution in [0.4, 0.5) is 14.7 Å². The Morgan fingerprint density at radius 1 is 0.946 bits per heavy atom. The van der Waals surface area contributed by atoms with Gasteiger partial charge in [-0.15, -0.1) is 11.3 Å². The van der Waals surface area contributed by atoms with Gasteiger partial charge in [-0.2, -0.15) is 0 Å². The van der Waals surface area contributed by atoms with E-state index in [0.29, 0.717) is 18.1 Å². The van der Waals surface area contributed by atoms with Gasteiger partial charge >= 0.3 is 12.2 Å². The van der Waals surface area contributed by atoms with Crippen molar-refractivity contribution < 1.29 is 24.6 Å². The normalized spacial score (nSPS) is 11.9. The van der Waals surface area contributed by atoms with Crippen molar-refractivity contribution in [1.29, 1.82) is 0 Å². The molecule has 1 aromatic heterocycles. The van der Waals surface area contributed by atoms with Gasteiger partial charge in [-0.05, 0) is 71.9 Å². The Hall–Kier alpha value is -3.18. The second-order valence-electron chi connectivity index (χ2n) is 10.9. The zero-order valence-corrected chi connectivity index (χ0v) is 23.5. The lowest BCUT2D eigenvalue weighted by Crippen LogP contribution is -2.68. The summed E-state index contributed by atoms with van der Waals surface area (Å²) in [6, 6.07) is 8.10. The third kappa shape index (κ3) is 9.01. The molecule has 10 nitrogen and oxygen atoms in total. The number of aromatic nitrogens is 1. The molecule has 0 bridgehead atoms. The van der Waals surface area contributed by atoms with Crippen LogP contribution in [-0.4, -0.2) is 67.0 Å². The van der Waals surface area contributed by atoms with Crippen molar-refractivity contribution in [3.8, 4) is 0 Å². The van der Waals surface area contributed by atoms with E-state index in [4.69, 9.17) is 0 Å². The van der Waals surface area contributed by atoms with Crippen molar-refractivity contribution in [1.82, 2.24) is 20.1 Å². The van der Waals surface area contributed by atoms with Crippen molar-refractivity contribution in [2.45, 2.75) is 85.1 Å². The maximum atomic E-state index is 12.2. The van der Waals surface area contributed by atoms with E-state index in [0.717, 1.165) is 39.5 Å². The lowest BCUT2D eigenvalue weighted by Gasteiger charge is -2.48. The molecular formula is C26H39N5O5S. The largest absolute Gasteiger partial charge is 0.465 e. The molecule has 3 amide bonds. The van der Waals surface area contributed by atoms with Gasteiger partial charge in [0.15, 0.2) is 11.4 Å². The van der Waals surface area contributed by atoms with Crippen molar-refractivity contribution in [2.75, 3.05) is 11.9 Å². The summed E-state index contributed by atoms with van der Waals surface area (Å²) in [4.78, 5) is 42.3. The minimum Gasteiger partial charge on any atom is -0.465 e. The van der Waals surface area contributed by atoms with E-state index in [1.807, 2.05) is 23.6 Å². The van der Waals surface area contributed by atoms with E-state index < -0.39 is 29.6 Å². The van der Waals surface area contributed by atoms with E-state index >= 15 is 0 Å². The molecule has 2 aromatic rings. The zero-order valence-electron chi connectivity index (χ0n) is 22.7. The lowest BCUT2D eigenvalue weighted by atomic mass is 10.0. The number of rotatable bonds is 10. The van der Waals surface area contributed by atoms with Crippen molar-refractivity contribution in [2.24, 2.45) is 0 Å². The summed E-state index contributed by atoms with van der Waals surface area (Å²) >= 11 is 1.40. The Balaban J connectivity index is 2.12. The summed E-state index contributed by atoms with van der Waals surface area (Å²) < 4.78 is 0. The molecule has 0 spiro atoms. The highest BCUT2D eigenvalue weighted by molar-refractivity contribution is 7.13. The lowest BCUT2D eigenvalue weighted by molar-refractivity contribution is -0.114. The number of benzene rings is 1. The van der Waals surface area contributed by atoms with Crippen LogP contribution >= 0.6 is 11.3 Å². The number of thiazole rings is 1. The summed E-state index contributed by atoms with van der Waals surface area (Å²) in [7, 11) is 0. The summed E-state index contributed by atoms with van der Waals surface area (Å²) in [5.74, 6) is -0.146. The number of anilines is 1. The highest BCUT2D eigenvalue weighted by atomic mass is 32.1. The van der Waals surface area contributed by atoms with Crippen LogP contribution in [-0.2, 0) is 24.1 Å². The highest BCUT2D eigenvalue weighted by Crippen LogP contribution is 2.25. The molecule has 1 heterocycles. The van der Waals surface area contributed by atoms with Crippen LogP contribution in [0.2, 0.25) is 0 Å². The van der Waals surface area contributed by atoms with E-state index in [1.54, 1.807) is 41.5 Å². The fourth-order valence-corrected chi connectivity index (χ4v) is 4.79. The molecule has 0 radical (unpaired) electrons. The maximum Gasteiger partial charge on any atom is 0.410 e. The molecule has 0 saturated heterocycles. The number of nitrogens with zero attached hydrogens (tertiary/aromatic N) is 3. The van der Waals surface area contributed by atoms with Gasteiger partial charge in [0.05, 0.1) is 5.69 Å². The molecule has 0 aliphatic carbocycles. The molecule has 0 saturated carbocycles. The summed E-state index contributed by atoms with van der Waals surface area (Å²) in [6.07, 6.45) is -1.37. The fraction of sp³-hybridized carbons (Fsp3) is 0.538. The van der Waals surface area contributed by atoms with Crippen LogP contribution in [0, 0.1) is 0 Å². The monoisotopic (exact) mass is 533 g/mol. The Bertz CT molecular complexity index is 1060. The minimum absolute atomic E-state index is 0.146. The first kappa shape index (κ1) is 30.0. The second kappa shape index (κ2) is 12.4. The van der Waals surface area contributed by atoms with Crippen LogP contribution < -0.4 is 10.6 Å². The number of nitrogens with one attached hydrogen (secondary N) is 2. The SMILES string of the molecule is CC(=O)Nc1nc(CCc2cccc(CCNC(N(C(=O)O)C(C)(C)C)N(C(=O)O)C(C)(C)C)c2)cs1. The number of hydrogen-bond acceptors (Lipinski definition) is 6. The van der Waals surface area contributed by atoms with E-state index in [2.05, 4.69) is 21.7 Å². The summed E-state index contributed by atoms with van der Waals surface area (Å²) in [5, 5.41) is 28.3. The molecule has 2 rings (SSSR count). The third-order valence-electron chi connectivity index (χ3n) is 5.58. The number of aryl methyl sites for hydroxylation is 2. The van der Waals surface area contributed by atoms with E-state index in [9.17, 15) is 24.6 Å². The van der Waals surface area contributed by atoms with E-state index in [-0.39, 0.29) is 5.91 Å². The van der Waals surface area contributed by atoms with Gasteiger partial charge in [-0.25, -0.2) is 14.6 Å². The number of carbonyl (C=O) groups excluding carboxylic acids is 1. The van der Waals surface area contributed by atoms with Gasteiger partial charge < -0.3 is 15.5 Å². The average Bonchev–Trinajstić information content (AvgIpc) is 3.16. The van der Waals surface area contributed by atoms with Crippen molar-refractivity contribution in [3.63, 3.8) is 0 Å². The smallest absolute Gasteiger partial charge is 0.410 e. The van der Waals surface area contributed by atoms with Gasteiger partial charge in [0, 0.05) is 29.9 Å². The molecule has 4 N–H and O–H groups in total. The predicted octanol–water partition coefficient (Wildman–Crippen LogP) is 4.86. The van der Waals surface area contributed by atoms with Crippen molar-refractivity contribution in [3.05, 3.63) is 46.5 Å². The number of carbonyl (C=O) groups is 3. The zero-order chi connectivity index (χ0) is 28.0. The van der Waals surface area contributed by atoms with Crippen LogP contribution in [0.15, 0.2) is 29.6 Å². The fourth-order valence-electron chi connectivity index (χ4n) is 4.00. The van der Waals surface area contributed by atoms with Gasteiger partial charge in [-0.3, -0.25) is 19.9 Å². The first-order valence-electron chi connectivity index (χ1n) is 12.2. The van der Waals surface area contributed by atoms with Crippen LogP contribution in [0.1, 0.15) is 65.3 Å². The quantitative estimate of drug-likeness (QED) is 0.320. The molecule has 0 aliphatic heterocycles.